The molecule has 0 aromatic carbocycles. The molecule has 2 unspecified atom stereocenters. The Bertz CT molecular complexity index is 280. The molecule has 3 heterocycles. The first kappa shape index (κ1) is 5.71. The number of hydrogen-bond donors (Lipinski definition) is 2. The van der Waals surface area contributed by atoms with E-state index in [4.69, 9.17) is 0 Å². The molecule has 0 amide bonds. The molecule has 1 fully saturated rings. The van der Waals surface area contributed by atoms with Crippen LogP contribution < -0.4 is 5.32 Å². The van der Waals surface area contributed by atoms with Gasteiger partial charge in [0.1, 0.15) is 5.69 Å². The van der Waals surface area contributed by atoms with Gasteiger partial charge in [-0.15, -0.1) is 0 Å². The van der Waals surface area contributed by atoms with Gasteiger partial charge < -0.3 is 5.32 Å². The lowest BCUT2D eigenvalue weighted by atomic mass is 10.1. The summed E-state index contributed by atoms with van der Waals surface area (Å²) in [6, 6.07) is 1.15. The van der Waals surface area contributed by atoms with Gasteiger partial charge in [0.05, 0.1) is 11.7 Å². The minimum atomic E-state index is 0.488. The first-order chi connectivity index (χ1) is 5.43. The zero-order chi connectivity index (χ0) is 7.26. The topological polar surface area (TPSA) is 53.6 Å². The summed E-state index contributed by atoms with van der Waals surface area (Å²) in [6.07, 6.45) is 3.56. The zero-order valence-corrected chi connectivity index (χ0v) is 6.17. The van der Waals surface area contributed by atoms with E-state index in [9.17, 15) is 0 Å². The predicted octanol–water partition coefficient (Wildman–Crippen LogP) is 0.154. The van der Waals surface area contributed by atoms with Crippen LogP contribution in [0.25, 0.3) is 0 Å². The average Bonchev–Trinajstić information content (AvgIpc) is 2.58. The van der Waals surface area contributed by atoms with Crippen LogP contribution >= 0.6 is 0 Å². The van der Waals surface area contributed by atoms with Crippen LogP contribution in [0.1, 0.15) is 30.3 Å². The van der Waals surface area contributed by atoms with Crippen LogP contribution in [0, 0.1) is 0 Å². The zero-order valence-electron chi connectivity index (χ0n) is 6.17. The number of aromatic nitrogens is 3. The monoisotopic (exact) mass is 150 g/mol. The molecule has 2 N–H and O–H groups in total. The Morgan fingerprint density at radius 1 is 1.27 bits per heavy atom. The van der Waals surface area contributed by atoms with Crippen LogP contribution in [-0.2, 0) is 6.42 Å². The van der Waals surface area contributed by atoms with Crippen molar-refractivity contribution in [2.24, 2.45) is 0 Å². The summed E-state index contributed by atoms with van der Waals surface area (Å²) < 4.78 is 0. The molecule has 2 atom stereocenters. The maximum Gasteiger partial charge on any atom is 0.103 e. The maximum atomic E-state index is 4.14. The number of nitrogens with one attached hydrogen (secondary N) is 2. The lowest BCUT2D eigenvalue weighted by molar-refractivity contribution is 0.503. The Kier molecular flexibility index (Phi) is 0.946. The number of nitrogens with zero attached hydrogens (tertiary/aromatic N) is 2. The van der Waals surface area contributed by atoms with E-state index in [2.05, 4.69) is 20.7 Å². The third kappa shape index (κ3) is 0.673. The fourth-order valence-corrected chi connectivity index (χ4v) is 2.12. The molecule has 0 saturated carbocycles. The van der Waals surface area contributed by atoms with Crippen molar-refractivity contribution >= 4 is 0 Å². The van der Waals surface area contributed by atoms with Crippen molar-refractivity contribution in [3.8, 4) is 0 Å². The quantitative estimate of drug-likeness (QED) is 0.553. The normalized spacial score (nSPS) is 33.8. The molecule has 58 valence electrons. The molecule has 0 radical (unpaired) electrons. The molecule has 11 heavy (non-hydrogen) atoms. The summed E-state index contributed by atoms with van der Waals surface area (Å²) in [5, 5.41) is 14.5. The summed E-state index contributed by atoms with van der Waals surface area (Å²) in [5.74, 6) is 0. The fraction of sp³-hybridized carbons (Fsp3) is 0.714. The highest BCUT2D eigenvalue weighted by molar-refractivity contribution is 5.21. The maximum absolute atomic E-state index is 4.14. The van der Waals surface area contributed by atoms with Crippen molar-refractivity contribution in [1.29, 1.82) is 0 Å². The number of hydrogen-bond acceptors (Lipinski definition) is 3. The number of aromatic amines is 1. The van der Waals surface area contributed by atoms with Crippen molar-refractivity contribution < 1.29 is 0 Å². The second kappa shape index (κ2) is 1.82. The SMILES string of the molecule is C1CC2NC1Cc1n[nH]nc12. The fourth-order valence-electron chi connectivity index (χ4n) is 2.12. The predicted molar refractivity (Wildman–Crippen MR) is 39.0 cm³/mol. The first-order valence-corrected chi connectivity index (χ1v) is 4.09. The van der Waals surface area contributed by atoms with Crippen molar-refractivity contribution in [2.75, 3.05) is 0 Å². The van der Waals surface area contributed by atoms with E-state index >= 15 is 0 Å². The summed E-state index contributed by atoms with van der Waals surface area (Å²) in [7, 11) is 0. The molecule has 2 aliphatic heterocycles. The van der Waals surface area contributed by atoms with E-state index < -0.39 is 0 Å². The van der Waals surface area contributed by atoms with E-state index in [-0.39, 0.29) is 0 Å². The van der Waals surface area contributed by atoms with Gasteiger partial charge in [-0.1, -0.05) is 0 Å². The summed E-state index contributed by atoms with van der Waals surface area (Å²) >= 11 is 0. The minimum absolute atomic E-state index is 0.488. The van der Waals surface area contributed by atoms with Gasteiger partial charge in [0.15, 0.2) is 0 Å². The van der Waals surface area contributed by atoms with Gasteiger partial charge in [-0.05, 0) is 12.8 Å². The Morgan fingerprint density at radius 3 is 3.27 bits per heavy atom. The smallest absolute Gasteiger partial charge is 0.103 e. The summed E-state index contributed by atoms with van der Waals surface area (Å²) in [5.41, 5.74) is 2.33. The summed E-state index contributed by atoms with van der Waals surface area (Å²) in [4.78, 5) is 0. The third-order valence-electron chi connectivity index (χ3n) is 2.66. The van der Waals surface area contributed by atoms with Gasteiger partial charge in [-0.3, -0.25) is 0 Å². The molecule has 2 aliphatic rings. The molecule has 0 spiro atoms. The molecule has 4 heteroatoms. The summed E-state index contributed by atoms with van der Waals surface area (Å²) in [6.45, 7) is 0. The highest BCUT2D eigenvalue weighted by Gasteiger charge is 2.34. The molecule has 3 rings (SSSR count). The van der Waals surface area contributed by atoms with Crippen molar-refractivity contribution in [3.05, 3.63) is 11.4 Å². The number of H-pyrrole nitrogens is 1. The largest absolute Gasteiger partial charge is 0.305 e. The van der Waals surface area contributed by atoms with E-state index in [1.54, 1.807) is 0 Å². The standard InChI is InChI=1S/C7H10N4/c1-2-5-7-6(9-11-10-7)3-4(1)8-5/h4-5,8H,1-3H2,(H,9,10,11). The van der Waals surface area contributed by atoms with Crippen LogP contribution in [0.15, 0.2) is 0 Å². The van der Waals surface area contributed by atoms with Gasteiger partial charge in [0.25, 0.3) is 0 Å². The van der Waals surface area contributed by atoms with Crippen LogP contribution in [0.2, 0.25) is 0 Å². The van der Waals surface area contributed by atoms with Crippen LogP contribution in [0.4, 0.5) is 0 Å². The Balaban J connectivity index is 2.12. The van der Waals surface area contributed by atoms with Crippen molar-refractivity contribution in [3.63, 3.8) is 0 Å². The second-order valence-electron chi connectivity index (χ2n) is 3.35. The van der Waals surface area contributed by atoms with Gasteiger partial charge >= 0.3 is 0 Å². The van der Waals surface area contributed by atoms with Crippen molar-refractivity contribution in [1.82, 2.24) is 20.7 Å². The Labute approximate surface area is 64.4 Å². The second-order valence-corrected chi connectivity index (χ2v) is 3.35. The van der Waals surface area contributed by atoms with E-state index in [1.807, 2.05) is 0 Å². The first-order valence-electron chi connectivity index (χ1n) is 4.09. The number of fused-ring (bicyclic) bond motifs is 4. The molecule has 2 bridgehead atoms. The Morgan fingerprint density at radius 2 is 2.27 bits per heavy atom. The lowest BCUT2D eigenvalue weighted by Gasteiger charge is -2.18. The molecular formula is C7H10N4. The van der Waals surface area contributed by atoms with Gasteiger partial charge in [-0.2, -0.15) is 15.4 Å². The van der Waals surface area contributed by atoms with Crippen LogP contribution in [-0.4, -0.2) is 21.5 Å². The van der Waals surface area contributed by atoms with Crippen LogP contribution in [0.3, 0.4) is 0 Å². The molecular weight excluding hydrogens is 140 g/mol. The average molecular weight is 150 g/mol. The van der Waals surface area contributed by atoms with Crippen molar-refractivity contribution in [2.45, 2.75) is 31.3 Å². The van der Waals surface area contributed by atoms with E-state index in [0.717, 1.165) is 12.1 Å². The lowest BCUT2D eigenvalue weighted by Crippen LogP contribution is -2.31. The van der Waals surface area contributed by atoms with E-state index in [1.165, 1.54) is 18.5 Å². The molecule has 0 aliphatic carbocycles. The minimum Gasteiger partial charge on any atom is -0.305 e. The highest BCUT2D eigenvalue weighted by atomic mass is 15.3. The molecule has 1 aromatic rings. The van der Waals surface area contributed by atoms with Gasteiger partial charge in [0, 0.05) is 12.5 Å². The van der Waals surface area contributed by atoms with Gasteiger partial charge in [-0.25, -0.2) is 0 Å². The number of rotatable bonds is 0. The molecule has 4 nitrogen and oxygen atoms in total. The van der Waals surface area contributed by atoms with Gasteiger partial charge in [0.2, 0.25) is 0 Å². The molecule has 1 aromatic heterocycles. The Hall–Kier alpha value is -0.900. The molecule has 1 saturated heterocycles. The third-order valence-corrected chi connectivity index (χ3v) is 2.66. The highest BCUT2D eigenvalue weighted by Crippen LogP contribution is 2.32. The van der Waals surface area contributed by atoms with E-state index in [0.29, 0.717) is 12.1 Å². The van der Waals surface area contributed by atoms with Crippen LogP contribution in [0.5, 0.6) is 0 Å².